The molecule has 0 radical (unpaired) electrons. The largest absolute Gasteiger partial charge is 0.490 e. The molecule has 1 N–H and O–H groups in total. The molecule has 0 bridgehead atoms. The molecule has 156 valence electrons. The van der Waals surface area contributed by atoms with Crippen molar-refractivity contribution in [2.24, 2.45) is 5.10 Å². The fourth-order valence-corrected chi connectivity index (χ4v) is 4.30. The molecule has 0 aliphatic rings. The Morgan fingerprint density at radius 2 is 1.61 bits per heavy atom. The number of hydrogen-bond acceptors (Lipinski definition) is 4. The average molecular weight is 429 g/mol. The van der Waals surface area contributed by atoms with Crippen LogP contribution < -0.4 is 10.2 Å². The van der Waals surface area contributed by atoms with Crippen molar-refractivity contribution in [1.82, 2.24) is 5.43 Å². The van der Waals surface area contributed by atoms with Gasteiger partial charge in [-0.05, 0) is 47.5 Å². The number of thioether (sulfide) groups is 1. The molecule has 0 aliphatic carbocycles. The SMILES string of the molecule is CC(C)Oc1ccc2ccccc2c1C=NNC(=O)CSc1cccc2ccccc12. The number of carbonyl (C=O) groups excluding carboxylic acids is 1. The Labute approximate surface area is 186 Å². The molecule has 0 heterocycles. The van der Waals surface area contributed by atoms with Crippen LogP contribution in [-0.4, -0.2) is 24.0 Å². The van der Waals surface area contributed by atoms with E-state index in [1.807, 2.05) is 74.5 Å². The summed E-state index contributed by atoms with van der Waals surface area (Å²) in [5, 5.41) is 8.66. The monoisotopic (exact) mass is 428 g/mol. The molecule has 0 fully saturated rings. The van der Waals surface area contributed by atoms with E-state index in [-0.39, 0.29) is 17.8 Å². The number of hydrogen-bond donors (Lipinski definition) is 1. The molecule has 4 nitrogen and oxygen atoms in total. The summed E-state index contributed by atoms with van der Waals surface area (Å²) in [5.74, 6) is 0.883. The molecule has 4 aromatic rings. The standard InChI is InChI=1S/C26H24N2O2S/c1-18(2)30-24-15-14-20-9-3-5-11-21(20)23(24)16-27-28-26(29)17-31-25-13-7-10-19-8-4-6-12-22(19)25/h3-16,18H,17H2,1-2H3,(H,28,29). The number of ether oxygens (including phenoxy) is 1. The van der Waals surface area contributed by atoms with E-state index in [1.54, 1.807) is 6.21 Å². The molecule has 0 unspecified atom stereocenters. The molecule has 0 aromatic heterocycles. The third kappa shape index (κ3) is 5.06. The minimum absolute atomic E-state index is 0.0417. The first-order valence-corrected chi connectivity index (χ1v) is 11.2. The highest BCUT2D eigenvalue weighted by atomic mass is 32.2. The van der Waals surface area contributed by atoms with E-state index in [1.165, 1.54) is 17.1 Å². The molecule has 0 saturated heterocycles. The summed E-state index contributed by atoms with van der Waals surface area (Å²) in [4.78, 5) is 13.5. The zero-order chi connectivity index (χ0) is 21.6. The molecule has 5 heteroatoms. The Balaban J connectivity index is 1.47. The first-order valence-electron chi connectivity index (χ1n) is 10.2. The maximum absolute atomic E-state index is 12.4. The molecular weight excluding hydrogens is 404 g/mol. The molecular formula is C26H24N2O2S. The normalized spacial score (nSPS) is 11.5. The Morgan fingerprint density at radius 3 is 2.39 bits per heavy atom. The van der Waals surface area contributed by atoms with Crippen LogP contribution in [0.1, 0.15) is 19.4 Å². The minimum atomic E-state index is -0.152. The molecule has 0 saturated carbocycles. The van der Waals surface area contributed by atoms with Gasteiger partial charge >= 0.3 is 0 Å². The minimum Gasteiger partial charge on any atom is -0.490 e. The topological polar surface area (TPSA) is 50.7 Å². The van der Waals surface area contributed by atoms with Crippen LogP contribution in [0.25, 0.3) is 21.5 Å². The lowest BCUT2D eigenvalue weighted by Gasteiger charge is -2.14. The van der Waals surface area contributed by atoms with Gasteiger partial charge in [0.2, 0.25) is 5.91 Å². The number of carbonyl (C=O) groups is 1. The van der Waals surface area contributed by atoms with Gasteiger partial charge in [-0.3, -0.25) is 4.79 Å². The van der Waals surface area contributed by atoms with Crippen LogP contribution in [0.2, 0.25) is 0 Å². The average Bonchev–Trinajstić information content (AvgIpc) is 2.78. The summed E-state index contributed by atoms with van der Waals surface area (Å²) in [6.07, 6.45) is 1.71. The van der Waals surface area contributed by atoms with Gasteiger partial charge in [-0.25, -0.2) is 5.43 Å². The van der Waals surface area contributed by atoms with Gasteiger partial charge in [0.1, 0.15) is 5.75 Å². The molecule has 0 spiro atoms. The molecule has 4 rings (SSSR count). The Morgan fingerprint density at radius 1 is 0.935 bits per heavy atom. The number of rotatable bonds is 7. The van der Waals surface area contributed by atoms with E-state index in [0.717, 1.165) is 32.4 Å². The zero-order valence-corrected chi connectivity index (χ0v) is 18.4. The highest BCUT2D eigenvalue weighted by Crippen LogP contribution is 2.28. The summed E-state index contributed by atoms with van der Waals surface area (Å²) in [6, 6.07) is 26.3. The fraction of sp³-hybridized carbons (Fsp3) is 0.154. The number of nitrogens with zero attached hydrogens (tertiary/aromatic N) is 1. The molecule has 4 aromatic carbocycles. The van der Waals surface area contributed by atoms with Gasteiger partial charge in [0, 0.05) is 10.5 Å². The van der Waals surface area contributed by atoms with E-state index < -0.39 is 0 Å². The van der Waals surface area contributed by atoms with Crippen molar-refractivity contribution in [3.63, 3.8) is 0 Å². The molecule has 0 aliphatic heterocycles. The van der Waals surface area contributed by atoms with E-state index in [4.69, 9.17) is 4.74 Å². The van der Waals surface area contributed by atoms with Crippen molar-refractivity contribution in [1.29, 1.82) is 0 Å². The van der Waals surface area contributed by atoms with E-state index in [9.17, 15) is 4.79 Å². The van der Waals surface area contributed by atoms with Crippen LogP contribution in [0.3, 0.4) is 0 Å². The highest BCUT2D eigenvalue weighted by Gasteiger charge is 2.09. The van der Waals surface area contributed by atoms with E-state index >= 15 is 0 Å². The van der Waals surface area contributed by atoms with Crippen LogP contribution in [0.5, 0.6) is 5.75 Å². The van der Waals surface area contributed by atoms with Crippen LogP contribution in [0.4, 0.5) is 0 Å². The molecule has 1 amide bonds. The van der Waals surface area contributed by atoms with Crippen molar-refractivity contribution < 1.29 is 9.53 Å². The van der Waals surface area contributed by atoms with Crippen molar-refractivity contribution in [3.8, 4) is 5.75 Å². The number of hydrazone groups is 1. The van der Waals surface area contributed by atoms with Gasteiger partial charge in [0.15, 0.2) is 0 Å². The lowest BCUT2D eigenvalue weighted by atomic mass is 10.0. The fourth-order valence-electron chi connectivity index (χ4n) is 3.43. The predicted octanol–water partition coefficient (Wildman–Crippen LogP) is 6.02. The van der Waals surface area contributed by atoms with Gasteiger partial charge < -0.3 is 4.74 Å². The van der Waals surface area contributed by atoms with Gasteiger partial charge in [-0.1, -0.05) is 66.7 Å². The van der Waals surface area contributed by atoms with Crippen molar-refractivity contribution >= 4 is 45.4 Å². The Hall–Kier alpha value is -3.31. The van der Waals surface area contributed by atoms with Gasteiger partial charge in [-0.15, -0.1) is 11.8 Å². The second-order valence-corrected chi connectivity index (χ2v) is 8.44. The summed E-state index contributed by atoms with van der Waals surface area (Å²) in [6.45, 7) is 3.98. The second-order valence-electron chi connectivity index (χ2n) is 7.42. The van der Waals surface area contributed by atoms with Gasteiger partial charge in [0.05, 0.1) is 18.1 Å². The number of amides is 1. The van der Waals surface area contributed by atoms with E-state index in [0.29, 0.717) is 0 Å². The summed E-state index contributed by atoms with van der Waals surface area (Å²) >= 11 is 1.51. The molecule has 31 heavy (non-hydrogen) atoms. The van der Waals surface area contributed by atoms with Gasteiger partial charge in [0.25, 0.3) is 0 Å². The number of nitrogens with one attached hydrogen (secondary N) is 1. The van der Waals surface area contributed by atoms with Crippen molar-refractivity contribution in [2.75, 3.05) is 5.75 Å². The van der Waals surface area contributed by atoms with E-state index in [2.05, 4.69) is 28.7 Å². The summed E-state index contributed by atoms with van der Waals surface area (Å²) in [7, 11) is 0. The maximum Gasteiger partial charge on any atom is 0.250 e. The van der Waals surface area contributed by atoms with Crippen molar-refractivity contribution in [2.45, 2.75) is 24.8 Å². The highest BCUT2D eigenvalue weighted by molar-refractivity contribution is 8.00. The first-order chi connectivity index (χ1) is 15.1. The quantitative estimate of drug-likeness (QED) is 0.222. The van der Waals surface area contributed by atoms with Gasteiger partial charge in [-0.2, -0.15) is 5.10 Å². The zero-order valence-electron chi connectivity index (χ0n) is 17.5. The Bertz CT molecular complexity index is 1250. The van der Waals surface area contributed by atoms with Crippen LogP contribution in [0.15, 0.2) is 88.9 Å². The van der Waals surface area contributed by atoms with Crippen LogP contribution in [0, 0.1) is 0 Å². The Kier molecular flexibility index (Phi) is 6.53. The van der Waals surface area contributed by atoms with Crippen molar-refractivity contribution in [3.05, 3.63) is 84.4 Å². The molecule has 0 atom stereocenters. The third-order valence-electron chi connectivity index (χ3n) is 4.78. The summed E-state index contributed by atoms with van der Waals surface area (Å²) in [5.41, 5.74) is 3.50. The summed E-state index contributed by atoms with van der Waals surface area (Å²) < 4.78 is 5.95. The second kappa shape index (κ2) is 9.67. The number of benzene rings is 4. The lowest BCUT2D eigenvalue weighted by Crippen LogP contribution is -2.19. The lowest BCUT2D eigenvalue weighted by molar-refractivity contribution is -0.118. The third-order valence-corrected chi connectivity index (χ3v) is 5.86. The first kappa shape index (κ1) is 20.9. The van der Waals surface area contributed by atoms with Crippen LogP contribution in [-0.2, 0) is 4.79 Å². The maximum atomic E-state index is 12.4. The smallest absolute Gasteiger partial charge is 0.250 e. The predicted molar refractivity (Wildman–Crippen MR) is 130 cm³/mol. The number of fused-ring (bicyclic) bond motifs is 2. The van der Waals surface area contributed by atoms with Crippen LogP contribution >= 0.6 is 11.8 Å².